The zero-order chi connectivity index (χ0) is 11.7. The van der Waals surface area contributed by atoms with Crippen molar-refractivity contribution in [1.29, 1.82) is 0 Å². The SMILES string of the molecule is COC(=O)c1cccc2cnn(C)c(=O)c12. The fraction of sp³-hybridized carbons (Fsp3) is 0.182. The number of ether oxygens (including phenoxy) is 1. The maximum absolute atomic E-state index is 11.9. The predicted octanol–water partition coefficient (Wildman–Crippen LogP) is 0.720. The zero-order valence-corrected chi connectivity index (χ0v) is 8.93. The van der Waals surface area contributed by atoms with E-state index in [0.717, 1.165) is 0 Å². The maximum atomic E-state index is 11.9. The topological polar surface area (TPSA) is 61.2 Å². The molecule has 0 atom stereocenters. The highest BCUT2D eigenvalue weighted by atomic mass is 16.5. The summed E-state index contributed by atoms with van der Waals surface area (Å²) in [4.78, 5) is 23.4. The third-order valence-electron chi connectivity index (χ3n) is 2.38. The molecule has 0 fully saturated rings. The lowest BCUT2D eigenvalue weighted by Crippen LogP contribution is -2.21. The summed E-state index contributed by atoms with van der Waals surface area (Å²) >= 11 is 0. The number of esters is 1. The van der Waals surface area contributed by atoms with Crippen molar-refractivity contribution in [3.63, 3.8) is 0 Å². The van der Waals surface area contributed by atoms with E-state index in [1.54, 1.807) is 24.4 Å². The van der Waals surface area contributed by atoms with Crippen molar-refractivity contribution in [2.75, 3.05) is 7.11 Å². The van der Waals surface area contributed by atoms with Crippen molar-refractivity contribution in [3.05, 3.63) is 40.3 Å². The van der Waals surface area contributed by atoms with Gasteiger partial charge in [0.25, 0.3) is 5.56 Å². The Labute approximate surface area is 91.3 Å². The van der Waals surface area contributed by atoms with E-state index in [4.69, 9.17) is 0 Å². The van der Waals surface area contributed by atoms with Crippen LogP contribution in [0.4, 0.5) is 0 Å². The second-order valence-electron chi connectivity index (χ2n) is 3.33. The Morgan fingerprint density at radius 2 is 2.19 bits per heavy atom. The van der Waals surface area contributed by atoms with Crippen LogP contribution in [0.1, 0.15) is 10.4 Å². The van der Waals surface area contributed by atoms with Crippen LogP contribution in [-0.2, 0) is 11.8 Å². The van der Waals surface area contributed by atoms with Crippen molar-refractivity contribution in [2.24, 2.45) is 7.05 Å². The lowest BCUT2D eigenvalue weighted by molar-refractivity contribution is 0.0603. The predicted molar refractivity (Wildman–Crippen MR) is 58.3 cm³/mol. The van der Waals surface area contributed by atoms with Crippen molar-refractivity contribution >= 4 is 16.7 Å². The second-order valence-corrected chi connectivity index (χ2v) is 3.33. The normalized spacial score (nSPS) is 10.4. The Morgan fingerprint density at radius 3 is 2.88 bits per heavy atom. The second kappa shape index (κ2) is 3.77. The van der Waals surface area contributed by atoms with Crippen molar-refractivity contribution in [3.8, 4) is 0 Å². The molecule has 0 amide bonds. The number of aromatic nitrogens is 2. The number of hydrogen-bond acceptors (Lipinski definition) is 4. The summed E-state index contributed by atoms with van der Waals surface area (Å²) in [7, 11) is 2.82. The number of carbonyl (C=O) groups is 1. The van der Waals surface area contributed by atoms with Gasteiger partial charge in [-0.3, -0.25) is 4.79 Å². The highest BCUT2D eigenvalue weighted by Gasteiger charge is 2.13. The molecule has 2 aromatic rings. The summed E-state index contributed by atoms with van der Waals surface area (Å²) in [6, 6.07) is 4.99. The molecule has 0 aliphatic carbocycles. The van der Waals surface area contributed by atoms with Gasteiger partial charge in [-0.15, -0.1) is 0 Å². The molecule has 5 heteroatoms. The number of carbonyl (C=O) groups excluding carboxylic acids is 1. The third kappa shape index (κ3) is 1.46. The average molecular weight is 218 g/mol. The molecule has 1 heterocycles. The highest BCUT2D eigenvalue weighted by Crippen LogP contribution is 2.14. The van der Waals surface area contributed by atoms with E-state index in [2.05, 4.69) is 9.84 Å². The van der Waals surface area contributed by atoms with E-state index in [1.807, 2.05) is 0 Å². The molecule has 0 aliphatic rings. The summed E-state index contributed by atoms with van der Waals surface area (Å²) < 4.78 is 5.82. The third-order valence-corrected chi connectivity index (χ3v) is 2.38. The number of rotatable bonds is 1. The van der Waals surface area contributed by atoms with Gasteiger partial charge in [0.05, 0.1) is 24.3 Å². The molecular weight excluding hydrogens is 208 g/mol. The van der Waals surface area contributed by atoms with Crippen LogP contribution in [0.25, 0.3) is 10.8 Å². The van der Waals surface area contributed by atoms with Gasteiger partial charge in [-0.25, -0.2) is 9.48 Å². The molecule has 16 heavy (non-hydrogen) atoms. The first-order valence-corrected chi connectivity index (χ1v) is 4.68. The smallest absolute Gasteiger partial charge is 0.338 e. The fourth-order valence-electron chi connectivity index (χ4n) is 1.56. The summed E-state index contributed by atoms with van der Waals surface area (Å²) in [6.07, 6.45) is 1.54. The molecule has 0 spiro atoms. The quantitative estimate of drug-likeness (QED) is 0.662. The van der Waals surface area contributed by atoms with Gasteiger partial charge in [0, 0.05) is 12.4 Å². The van der Waals surface area contributed by atoms with Gasteiger partial charge >= 0.3 is 5.97 Å². The van der Waals surface area contributed by atoms with Gasteiger partial charge in [0.15, 0.2) is 0 Å². The Morgan fingerprint density at radius 1 is 1.44 bits per heavy atom. The Kier molecular flexibility index (Phi) is 2.44. The zero-order valence-electron chi connectivity index (χ0n) is 8.93. The van der Waals surface area contributed by atoms with Gasteiger partial charge in [-0.2, -0.15) is 5.10 Å². The van der Waals surface area contributed by atoms with Crippen LogP contribution in [0, 0.1) is 0 Å². The minimum atomic E-state index is -0.520. The molecule has 0 aliphatic heterocycles. The number of aryl methyl sites for hydroxylation is 1. The first-order valence-electron chi connectivity index (χ1n) is 4.68. The summed E-state index contributed by atoms with van der Waals surface area (Å²) in [5.74, 6) is -0.520. The molecule has 0 N–H and O–H groups in total. The Bertz CT molecular complexity index is 616. The lowest BCUT2D eigenvalue weighted by Gasteiger charge is -2.04. The van der Waals surface area contributed by atoms with Gasteiger partial charge in [-0.1, -0.05) is 12.1 Å². The number of hydrogen-bond donors (Lipinski definition) is 0. The van der Waals surface area contributed by atoms with Crippen molar-refractivity contribution in [2.45, 2.75) is 0 Å². The van der Waals surface area contributed by atoms with E-state index in [0.29, 0.717) is 10.8 Å². The monoisotopic (exact) mass is 218 g/mol. The molecule has 5 nitrogen and oxygen atoms in total. The highest BCUT2D eigenvalue weighted by molar-refractivity contribution is 6.03. The Hall–Kier alpha value is -2.17. The molecule has 0 saturated carbocycles. The minimum Gasteiger partial charge on any atom is -0.465 e. The largest absolute Gasteiger partial charge is 0.465 e. The van der Waals surface area contributed by atoms with Gasteiger partial charge in [-0.05, 0) is 6.07 Å². The van der Waals surface area contributed by atoms with Crippen molar-refractivity contribution < 1.29 is 9.53 Å². The number of benzene rings is 1. The lowest BCUT2D eigenvalue weighted by atomic mass is 10.1. The standard InChI is InChI=1S/C11H10N2O3/c1-13-10(14)9-7(6-12-13)4-3-5-8(9)11(15)16-2/h3-6H,1-2H3. The van der Waals surface area contributed by atoms with Crippen LogP contribution >= 0.6 is 0 Å². The first-order chi connectivity index (χ1) is 7.65. The van der Waals surface area contributed by atoms with E-state index < -0.39 is 5.97 Å². The van der Waals surface area contributed by atoms with E-state index >= 15 is 0 Å². The minimum absolute atomic E-state index is 0.267. The molecule has 2 rings (SSSR count). The molecule has 1 aromatic heterocycles. The summed E-state index contributed by atoms with van der Waals surface area (Å²) in [5.41, 5.74) is -0.0403. The van der Waals surface area contributed by atoms with Crippen LogP contribution in [0.2, 0.25) is 0 Å². The first kappa shape index (κ1) is 10.4. The fourth-order valence-corrected chi connectivity index (χ4v) is 1.56. The number of methoxy groups -OCH3 is 1. The molecule has 1 aromatic carbocycles. The van der Waals surface area contributed by atoms with E-state index in [-0.39, 0.29) is 11.1 Å². The van der Waals surface area contributed by atoms with E-state index in [1.165, 1.54) is 18.8 Å². The summed E-state index contributed by atoms with van der Waals surface area (Å²) in [5, 5.41) is 4.86. The number of fused-ring (bicyclic) bond motifs is 1. The Balaban J connectivity index is 2.90. The maximum Gasteiger partial charge on any atom is 0.338 e. The van der Waals surface area contributed by atoms with Gasteiger partial charge in [0.2, 0.25) is 0 Å². The van der Waals surface area contributed by atoms with Gasteiger partial charge < -0.3 is 4.74 Å². The van der Waals surface area contributed by atoms with Crippen LogP contribution in [0.5, 0.6) is 0 Å². The van der Waals surface area contributed by atoms with Gasteiger partial charge in [0.1, 0.15) is 0 Å². The van der Waals surface area contributed by atoms with Crippen LogP contribution in [-0.4, -0.2) is 22.9 Å². The van der Waals surface area contributed by atoms with Crippen molar-refractivity contribution in [1.82, 2.24) is 9.78 Å². The van der Waals surface area contributed by atoms with Crippen LogP contribution in [0.15, 0.2) is 29.2 Å². The molecular formula is C11H10N2O3. The molecule has 0 saturated heterocycles. The van der Waals surface area contributed by atoms with E-state index in [9.17, 15) is 9.59 Å². The van der Waals surface area contributed by atoms with Crippen LogP contribution < -0.4 is 5.56 Å². The molecule has 0 unspecified atom stereocenters. The average Bonchev–Trinajstić information content (AvgIpc) is 2.32. The molecule has 0 radical (unpaired) electrons. The molecule has 82 valence electrons. The number of nitrogens with zero attached hydrogens (tertiary/aromatic N) is 2. The molecule has 0 bridgehead atoms. The van der Waals surface area contributed by atoms with Crippen LogP contribution in [0.3, 0.4) is 0 Å². The summed E-state index contributed by atoms with van der Waals surface area (Å²) in [6.45, 7) is 0.